The predicted molar refractivity (Wildman–Crippen MR) is 132 cm³/mol. The zero-order chi connectivity index (χ0) is 25.4. The summed E-state index contributed by atoms with van der Waals surface area (Å²) in [5.41, 5.74) is 0.134. The molecule has 180 valence electrons. The van der Waals surface area contributed by atoms with E-state index in [-0.39, 0.29) is 22.8 Å². The molecule has 10 heteroatoms. The molecule has 4 N–H and O–H groups in total. The fourth-order valence-electron chi connectivity index (χ4n) is 3.10. The molecular formula is C25H22N2O7S. The number of benzene rings is 3. The molecule has 0 atom stereocenters. The topological polar surface area (TPSA) is 142 Å². The number of thioether (sulfide) groups is 1. The first kappa shape index (κ1) is 25.3. The van der Waals surface area contributed by atoms with Crippen LogP contribution >= 0.6 is 11.8 Å². The van der Waals surface area contributed by atoms with Crippen molar-refractivity contribution in [2.45, 2.75) is 11.8 Å². The standard InChI is InChI=1S/C25H22N2O7S/c1-2-34-21-9-4-3-8-20(21)27-22(28)14-35-17-7-5-6-16(13-17)26-23(29)18-11-10-15(24(30)31)12-19(18)25(32)33/h3-13H,2,14H2,1H3,(H,26,29)(H,27,28)(H,30,31)(H,32,33). The van der Waals surface area contributed by atoms with Crippen molar-refractivity contribution in [2.24, 2.45) is 0 Å². The second-order valence-electron chi connectivity index (χ2n) is 7.12. The number of anilines is 2. The number of rotatable bonds is 10. The SMILES string of the molecule is CCOc1ccccc1NC(=O)CSc1cccc(NC(=O)c2ccc(C(=O)O)cc2C(=O)O)c1. The summed E-state index contributed by atoms with van der Waals surface area (Å²) < 4.78 is 5.50. The van der Waals surface area contributed by atoms with E-state index in [0.29, 0.717) is 28.6 Å². The Balaban J connectivity index is 1.66. The molecule has 9 nitrogen and oxygen atoms in total. The number of ether oxygens (including phenoxy) is 1. The van der Waals surface area contributed by atoms with Crippen molar-refractivity contribution in [3.05, 3.63) is 83.4 Å². The number of para-hydroxylation sites is 2. The fraction of sp³-hybridized carbons (Fsp3) is 0.120. The van der Waals surface area contributed by atoms with Gasteiger partial charge in [0.25, 0.3) is 5.91 Å². The number of hydrogen-bond acceptors (Lipinski definition) is 6. The minimum Gasteiger partial charge on any atom is -0.492 e. The first-order chi connectivity index (χ1) is 16.8. The van der Waals surface area contributed by atoms with E-state index in [9.17, 15) is 24.3 Å². The van der Waals surface area contributed by atoms with Crippen LogP contribution < -0.4 is 15.4 Å². The van der Waals surface area contributed by atoms with Crippen molar-refractivity contribution >= 4 is 46.9 Å². The molecule has 0 radical (unpaired) electrons. The highest BCUT2D eigenvalue weighted by Crippen LogP contribution is 2.26. The second-order valence-corrected chi connectivity index (χ2v) is 8.17. The molecule has 3 aromatic rings. The lowest BCUT2D eigenvalue weighted by Crippen LogP contribution is -2.17. The van der Waals surface area contributed by atoms with Crippen molar-refractivity contribution in [1.82, 2.24) is 0 Å². The summed E-state index contributed by atoms with van der Waals surface area (Å²) in [4.78, 5) is 48.4. The van der Waals surface area contributed by atoms with Crippen LogP contribution in [0, 0.1) is 0 Å². The summed E-state index contributed by atoms with van der Waals surface area (Å²) in [6, 6.07) is 17.1. The van der Waals surface area contributed by atoms with Crippen molar-refractivity contribution in [2.75, 3.05) is 23.0 Å². The lowest BCUT2D eigenvalue weighted by molar-refractivity contribution is -0.113. The number of aromatic carboxylic acids is 2. The monoisotopic (exact) mass is 494 g/mol. The zero-order valence-corrected chi connectivity index (χ0v) is 19.4. The van der Waals surface area contributed by atoms with E-state index in [1.54, 1.807) is 42.5 Å². The summed E-state index contributed by atoms with van der Waals surface area (Å²) in [7, 11) is 0. The summed E-state index contributed by atoms with van der Waals surface area (Å²) in [6.07, 6.45) is 0. The third-order valence-corrected chi connectivity index (χ3v) is 5.66. The molecule has 0 fully saturated rings. The zero-order valence-electron chi connectivity index (χ0n) is 18.6. The van der Waals surface area contributed by atoms with Gasteiger partial charge in [-0.2, -0.15) is 0 Å². The second kappa shape index (κ2) is 11.7. The Hall–Kier alpha value is -4.31. The summed E-state index contributed by atoms with van der Waals surface area (Å²) in [5, 5.41) is 23.9. The Kier molecular flexibility index (Phi) is 8.47. The number of carboxylic acids is 2. The van der Waals surface area contributed by atoms with Crippen LogP contribution in [0.15, 0.2) is 71.6 Å². The van der Waals surface area contributed by atoms with Crippen molar-refractivity contribution in [1.29, 1.82) is 0 Å². The van der Waals surface area contributed by atoms with E-state index < -0.39 is 23.4 Å². The summed E-state index contributed by atoms with van der Waals surface area (Å²) in [5.74, 6) is -2.96. The van der Waals surface area contributed by atoms with E-state index in [2.05, 4.69) is 10.6 Å². The molecule has 0 aliphatic carbocycles. The van der Waals surface area contributed by atoms with Gasteiger partial charge in [-0.1, -0.05) is 18.2 Å². The molecule has 3 rings (SSSR count). The van der Waals surface area contributed by atoms with Gasteiger partial charge < -0.3 is 25.6 Å². The molecule has 0 spiro atoms. The fourth-order valence-corrected chi connectivity index (χ4v) is 3.86. The van der Waals surface area contributed by atoms with Crippen LogP contribution in [-0.2, 0) is 4.79 Å². The van der Waals surface area contributed by atoms with E-state index >= 15 is 0 Å². The maximum absolute atomic E-state index is 12.7. The number of carbonyl (C=O) groups excluding carboxylic acids is 2. The summed E-state index contributed by atoms with van der Waals surface area (Å²) >= 11 is 1.25. The van der Waals surface area contributed by atoms with Gasteiger partial charge in [-0.25, -0.2) is 9.59 Å². The highest BCUT2D eigenvalue weighted by molar-refractivity contribution is 8.00. The lowest BCUT2D eigenvalue weighted by atomic mass is 10.0. The minimum atomic E-state index is -1.42. The van der Waals surface area contributed by atoms with Crippen molar-refractivity contribution in [3.8, 4) is 5.75 Å². The van der Waals surface area contributed by atoms with Gasteiger partial charge in [0.2, 0.25) is 5.91 Å². The van der Waals surface area contributed by atoms with E-state index in [4.69, 9.17) is 9.84 Å². The molecule has 2 amide bonds. The molecule has 0 unspecified atom stereocenters. The highest BCUT2D eigenvalue weighted by Gasteiger charge is 2.19. The van der Waals surface area contributed by atoms with Crippen LogP contribution in [0.25, 0.3) is 0 Å². The Labute approximate surface area is 205 Å². The first-order valence-corrected chi connectivity index (χ1v) is 11.4. The quantitative estimate of drug-likeness (QED) is 0.303. The Bertz CT molecular complexity index is 1280. The normalized spacial score (nSPS) is 10.3. The largest absolute Gasteiger partial charge is 0.492 e. The van der Waals surface area contributed by atoms with Gasteiger partial charge in [0, 0.05) is 10.6 Å². The lowest BCUT2D eigenvalue weighted by Gasteiger charge is -2.12. The van der Waals surface area contributed by atoms with Crippen LogP contribution in [0.3, 0.4) is 0 Å². The van der Waals surface area contributed by atoms with Crippen LogP contribution in [-0.4, -0.2) is 46.3 Å². The van der Waals surface area contributed by atoms with Gasteiger partial charge >= 0.3 is 11.9 Å². The highest BCUT2D eigenvalue weighted by atomic mass is 32.2. The molecule has 0 aromatic heterocycles. The number of carbonyl (C=O) groups is 4. The first-order valence-electron chi connectivity index (χ1n) is 10.4. The maximum atomic E-state index is 12.7. The third-order valence-electron chi connectivity index (χ3n) is 4.66. The van der Waals surface area contributed by atoms with Crippen LogP contribution in [0.4, 0.5) is 11.4 Å². The van der Waals surface area contributed by atoms with Crippen molar-refractivity contribution < 1.29 is 34.1 Å². The number of hydrogen-bond donors (Lipinski definition) is 4. The van der Waals surface area contributed by atoms with Gasteiger partial charge in [-0.05, 0) is 55.5 Å². The Morgan fingerprint density at radius 1 is 0.857 bits per heavy atom. The molecule has 0 aliphatic rings. The molecule has 0 bridgehead atoms. The third kappa shape index (κ3) is 6.84. The van der Waals surface area contributed by atoms with Crippen molar-refractivity contribution in [3.63, 3.8) is 0 Å². The smallest absolute Gasteiger partial charge is 0.336 e. The molecule has 3 aromatic carbocycles. The van der Waals surface area contributed by atoms with E-state index in [1.807, 2.05) is 13.0 Å². The average Bonchev–Trinajstić information content (AvgIpc) is 2.84. The van der Waals surface area contributed by atoms with Gasteiger partial charge in [-0.15, -0.1) is 11.8 Å². The predicted octanol–water partition coefficient (Wildman–Crippen LogP) is 4.46. The van der Waals surface area contributed by atoms with Gasteiger partial charge in [0.05, 0.1) is 34.7 Å². The summed E-state index contributed by atoms with van der Waals surface area (Å²) in [6.45, 7) is 2.32. The molecule has 0 saturated carbocycles. The Morgan fingerprint density at radius 2 is 1.63 bits per heavy atom. The van der Waals surface area contributed by atoms with Crippen LogP contribution in [0.2, 0.25) is 0 Å². The van der Waals surface area contributed by atoms with Crippen LogP contribution in [0.1, 0.15) is 38.0 Å². The number of nitrogens with one attached hydrogen (secondary N) is 2. The maximum Gasteiger partial charge on any atom is 0.336 e. The molecule has 0 aliphatic heterocycles. The molecular weight excluding hydrogens is 472 g/mol. The molecule has 0 saturated heterocycles. The van der Waals surface area contributed by atoms with Crippen LogP contribution in [0.5, 0.6) is 5.75 Å². The van der Waals surface area contributed by atoms with Gasteiger partial charge in [-0.3, -0.25) is 9.59 Å². The molecule has 0 heterocycles. The minimum absolute atomic E-state index is 0.109. The van der Waals surface area contributed by atoms with Gasteiger partial charge in [0.15, 0.2) is 0 Å². The Morgan fingerprint density at radius 3 is 2.34 bits per heavy atom. The van der Waals surface area contributed by atoms with E-state index in [0.717, 1.165) is 18.2 Å². The van der Waals surface area contributed by atoms with E-state index in [1.165, 1.54) is 11.8 Å². The molecule has 35 heavy (non-hydrogen) atoms. The number of carboxylic acid groups (broad SMARTS) is 2. The number of amides is 2. The average molecular weight is 495 g/mol. The van der Waals surface area contributed by atoms with Gasteiger partial charge in [0.1, 0.15) is 5.75 Å².